The van der Waals surface area contributed by atoms with Crippen LogP contribution in [-0.4, -0.2) is 64.3 Å². The van der Waals surface area contributed by atoms with Crippen LogP contribution in [0.5, 0.6) is 0 Å². The van der Waals surface area contributed by atoms with Crippen LogP contribution in [0, 0.1) is 0 Å². The monoisotopic (exact) mass is 555 g/mol. The van der Waals surface area contributed by atoms with Crippen LogP contribution in [0.1, 0.15) is 142 Å². The van der Waals surface area contributed by atoms with Gasteiger partial charge < -0.3 is 32.7 Å². The fourth-order valence-electron chi connectivity index (χ4n) is 4.85. The number of carbonyl (C=O) groups excluding carboxylic acids is 1. The van der Waals surface area contributed by atoms with E-state index in [1.807, 2.05) is 0 Å². The van der Waals surface area contributed by atoms with Crippen LogP contribution in [0.15, 0.2) is 0 Å². The summed E-state index contributed by atoms with van der Waals surface area (Å²) in [5.74, 6) is -0.00563. The molecule has 0 aromatic carbocycles. The predicted molar refractivity (Wildman–Crippen MR) is 171 cm³/mol. The molecular formula is C32H70N6O. The first kappa shape index (κ1) is 38.3. The molecule has 0 aliphatic carbocycles. The van der Waals surface area contributed by atoms with Gasteiger partial charge in [0.05, 0.1) is 6.04 Å². The molecule has 234 valence electrons. The van der Waals surface area contributed by atoms with E-state index in [-0.39, 0.29) is 11.9 Å². The Morgan fingerprint density at radius 2 is 0.897 bits per heavy atom. The van der Waals surface area contributed by atoms with Gasteiger partial charge in [-0.2, -0.15) is 0 Å². The lowest BCUT2D eigenvalue weighted by atomic mass is 10.0. The molecule has 7 nitrogen and oxygen atoms in total. The summed E-state index contributed by atoms with van der Waals surface area (Å²) in [6, 6.07) is -0.379. The van der Waals surface area contributed by atoms with E-state index in [1.54, 1.807) is 0 Å². The molecule has 8 N–H and O–H groups in total. The number of unbranched alkanes of at least 4 members (excludes halogenated alkanes) is 15. The minimum Gasteiger partial charge on any atom is -0.355 e. The number of rotatable bonds is 33. The van der Waals surface area contributed by atoms with E-state index < -0.39 is 0 Å². The Morgan fingerprint density at radius 3 is 1.38 bits per heavy atom. The summed E-state index contributed by atoms with van der Waals surface area (Å²) in [6.07, 6.45) is 26.9. The molecule has 0 radical (unpaired) electrons. The molecule has 0 rings (SSSR count). The highest BCUT2D eigenvalue weighted by molar-refractivity contribution is 5.81. The molecule has 39 heavy (non-hydrogen) atoms. The van der Waals surface area contributed by atoms with Gasteiger partial charge in [-0.05, 0) is 90.8 Å². The minimum absolute atomic E-state index is 0.00563. The fraction of sp³-hybridized carbons (Fsp3) is 0.969. The molecule has 0 spiro atoms. The van der Waals surface area contributed by atoms with Crippen LogP contribution in [0.2, 0.25) is 0 Å². The van der Waals surface area contributed by atoms with E-state index in [1.165, 1.54) is 103 Å². The molecule has 7 heteroatoms. The lowest BCUT2D eigenvalue weighted by Gasteiger charge is -2.12. The minimum atomic E-state index is -0.379. The average Bonchev–Trinajstić information content (AvgIpc) is 2.94. The molecule has 0 aromatic heterocycles. The van der Waals surface area contributed by atoms with Gasteiger partial charge in [-0.25, -0.2) is 0 Å². The van der Waals surface area contributed by atoms with E-state index in [0.717, 1.165) is 77.9 Å². The third kappa shape index (κ3) is 31.7. The second kappa shape index (κ2) is 33.5. The molecule has 0 bridgehead atoms. The van der Waals surface area contributed by atoms with Crippen molar-refractivity contribution in [2.24, 2.45) is 11.5 Å². The van der Waals surface area contributed by atoms with Crippen molar-refractivity contribution in [3.05, 3.63) is 0 Å². The van der Waals surface area contributed by atoms with Crippen molar-refractivity contribution in [3.63, 3.8) is 0 Å². The number of hydrogen-bond donors (Lipinski definition) is 6. The quantitative estimate of drug-likeness (QED) is 0.0608. The summed E-state index contributed by atoms with van der Waals surface area (Å²) in [5.41, 5.74) is 11.5. The normalized spacial score (nSPS) is 12.2. The largest absolute Gasteiger partial charge is 0.355 e. The first-order valence-electron chi connectivity index (χ1n) is 17.1. The van der Waals surface area contributed by atoms with Gasteiger partial charge in [0, 0.05) is 6.54 Å². The van der Waals surface area contributed by atoms with E-state index >= 15 is 0 Å². The van der Waals surface area contributed by atoms with Crippen molar-refractivity contribution < 1.29 is 4.79 Å². The molecule has 0 aliphatic heterocycles. The topological polar surface area (TPSA) is 117 Å². The van der Waals surface area contributed by atoms with Gasteiger partial charge in [0.15, 0.2) is 0 Å². The summed E-state index contributed by atoms with van der Waals surface area (Å²) in [4.78, 5) is 12.2. The molecular weight excluding hydrogens is 484 g/mol. The van der Waals surface area contributed by atoms with Gasteiger partial charge in [0.25, 0.3) is 0 Å². The second-order valence-electron chi connectivity index (χ2n) is 11.4. The summed E-state index contributed by atoms with van der Waals surface area (Å²) < 4.78 is 0. The van der Waals surface area contributed by atoms with Crippen molar-refractivity contribution in [2.75, 3.05) is 52.4 Å². The first-order valence-corrected chi connectivity index (χ1v) is 17.1. The van der Waals surface area contributed by atoms with Crippen molar-refractivity contribution >= 4 is 5.91 Å². The molecule has 1 unspecified atom stereocenters. The van der Waals surface area contributed by atoms with Crippen LogP contribution in [0.4, 0.5) is 0 Å². The van der Waals surface area contributed by atoms with Gasteiger partial charge >= 0.3 is 0 Å². The summed E-state index contributed by atoms with van der Waals surface area (Å²) in [6.45, 7) is 9.92. The Morgan fingerprint density at radius 1 is 0.513 bits per heavy atom. The van der Waals surface area contributed by atoms with E-state index in [4.69, 9.17) is 11.5 Å². The van der Waals surface area contributed by atoms with Crippen molar-refractivity contribution in [3.8, 4) is 0 Å². The predicted octanol–water partition coefficient (Wildman–Crippen LogP) is 5.37. The zero-order valence-corrected chi connectivity index (χ0v) is 26.1. The Hall–Kier alpha value is -0.730. The number of nitrogens with one attached hydrogen (secondary N) is 4. The van der Waals surface area contributed by atoms with Crippen molar-refractivity contribution in [1.82, 2.24) is 21.3 Å². The summed E-state index contributed by atoms with van der Waals surface area (Å²) >= 11 is 0. The standard InChI is InChI=1S/C32H70N6O/c1-2-3-4-5-6-7-8-9-10-11-12-13-14-16-24-35-25-17-15-22-31(34)32(39)38-30-21-29-37-27-19-18-26-36-28-20-23-33/h31,35-37H,2-30,33-34H2,1H3,(H,38,39). The lowest BCUT2D eigenvalue weighted by Crippen LogP contribution is -2.41. The smallest absolute Gasteiger partial charge is 0.236 e. The number of amides is 1. The maximum atomic E-state index is 12.2. The van der Waals surface area contributed by atoms with Gasteiger partial charge in [0.1, 0.15) is 0 Å². The van der Waals surface area contributed by atoms with Gasteiger partial charge in [-0.3, -0.25) is 4.79 Å². The van der Waals surface area contributed by atoms with Crippen LogP contribution in [0.25, 0.3) is 0 Å². The molecule has 0 heterocycles. The Balaban J connectivity index is 3.25. The second-order valence-corrected chi connectivity index (χ2v) is 11.4. The third-order valence-electron chi connectivity index (χ3n) is 7.51. The average molecular weight is 555 g/mol. The highest BCUT2D eigenvalue weighted by Gasteiger charge is 2.11. The maximum Gasteiger partial charge on any atom is 0.236 e. The van der Waals surface area contributed by atoms with E-state index in [2.05, 4.69) is 28.2 Å². The fourth-order valence-corrected chi connectivity index (χ4v) is 4.85. The molecule has 0 aromatic rings. The Bertz CT molecular complexity index is 480. The van der Waals surface area contributed by atoms with Crippen LogP contribution < -0.4 is 32.7 Å². The Kier molecular flexibility index (Phi) is 32.8. The number of nitrogens with two attached hydrogens (primary N) is 2. The molecule has 0 aliphatic rings. The van der Waals surface area contributed by atoms with Crippen LogP contribution in [-0.2, 0) is 4.79 Å². The third-order valence-corrected chi connectivity index (χ3v) is 7.51. The van der Waals surface area contributed by atoms with E-state index in [0.29, 0.717) is 6.54 Å². The lowest BCUT2D eigenvalue weighted by molar-refractivity contribution is -0.122. The van der Waals surface area contributed by atoms with Gasteiger partial charge in [-0.1, -0.05) is 96.8 Å². The van der Waals surface area contributed by atoms with Gasteiger partial charge in [0.2, 0.25) is 5.91 Å². The van der Waals surface area contributed by atoms with Crippen LogP contribution in [0.3, 0.4) is 0 Å². The number of hydrogen-bond acceptors (Lipinski definition) is 6. The number of carbonyl (C=O) groups is 1. The molecule has 1 atom stereocenters. The highest BCUT2D eigenvalue weighted by atomic mass is 16.2. The Labute approximate surface area is 243 Å². The maximum absolute atomic E-state index is 12.2. The zero-order chi connectivity index (χ0) is 28.5. The van der Waals surface area contributed by atoms with Crippen LogP contribution >= 0.6 is 0 Å². The van der Waals surface area contributed by atoms with Crippen molar-refractivity contribution in [1.29, 1.82) is 0 Å². The molecule has 0 saturated heterocycles. The van der Waals surface area contributed by atoms with Gasteiger partial charge in [-0.15, -0.1) is 0 Å². The molecule has 1 amide bonds. The van der Waals surface area contributed by atoms with Crippen molar-refractivity contribution in [2.45, 2.75) is 148 Å². The summed E-state index contributed by atoms with van der Waals surface area (Å²) in [7, 11) is 0. The molecule has 0 fully saturated rings. The van der Waals surface area contributed by atoms with E-state index in [9.17, 15) is 4.79 Å². The molecule has 0 saturated carbocycles. The zero-order valence-electron chi connectivity index (χ0n) is 26.1. The SMILES string of the molecule is CCCCCCCCCCCCCCCCNCCCCC(N)C(=O)NCCCNCCCCNCCCN. The first-order chi connectivity index (χ1) is 19.2. The summed E-state index contributed by atoms with van der Waals surface area (Å²) in [5, 5.41) is 13.4. The highest BCUT2D eigenvalue weighted by Crippen LogP contribution is 2.12.